The molecule has 248 valence electrons. The number of alkyl carbamates (subject to hydrolysis) is 1. The van der Waals surface area contributed by atoms with Crippen LogP contribution in [-0.4, -0.2) is 74.3 Å². The molecule has 0 aromatic heterocycles. The summed E-state index contributed by atoms with van der Waals surface area (Å²) >= 11 is 0. The third-order valence-electron chi connectivity index (χ3n) is 5.29. The summed E-state index contributed by atoms with van der Waals surface area (Å²) in [6, 6.07) is 11.5. The Balaban J connectivity index is 0.00000496. The second-order valence-electron chi connectivity index (χ2n) is 11.2. The second-order valence-corrected chi connectivity index (χ2v) is 11.2. The van der Waals surface area contributed by atoms with Gasteiger partial charge in [0.25, 0.3) is 11.9 Å². The molecule has 2 aromatic rings. The predicted octanol–water partition coefficient (Wildman–Crippen LogP) is 4.85. The number of amides is 2. The van der Waals surface area contributed by atoms with Crippen LogP contribution >= 0.6 is 0 Å². The Hall–Kier alpha value is -4.66. The van der Waals surface area contributed by atoms with Gasteiger partial charge in [-0.25, -0.2) is 14.8 Å². The van der Waals surface area contributed by atoms with E-state index in [-0.39, 0.29) is 37.0 Å². The van der Waals surface area contributed by atoms with E-state index in [0.717, 1.165) is 0 Å². The third kappa shape index (κ3) is 16.7. The number of guanidine groups is 1. The Morgan fingerprint density at radius 3 is 2.04 bits per heavy atom. The first-order chi connectivity index (χ1) is 20.9. The first-order valence-electron chi connectivity index (χ1n) is 13.7. The molecule has 0 heterocycles. The summed E-state index contributed by atoms with van der Waals surface area (Å²) in [4.78, 5) is 36.3. The number of carbonyl (C=O) groups is 2. The highest BCUT2D eigenvalue weighted by Gasteiger charge is 2.29. The normalized spacial score (nSPS) is 12.3. The van der Waals surface area contributed by atoms with E-state index in [9.17, 15) is 27.9 Å². The fourth-order valence-electron chi connectivity index (χ4n) is 3.16. The highest BCUT2D eigenvalue weighted by atomic mass is 19.4. The number of benzene rings is 2. The molecule has 0 aliphatic heterocycles. The lowest BCUT2D eigenvalue weighted by Crippen LogP contribution is -2.43. The molecule has 15 heteroatoms. The number of hydrogen-bond donors (Lipinski definition) is 5. The van der Waals surface area contributed by atoms with Crippen molar-refractivity contribution < 1.29 is 37.3 Å². The van der Waals surface area contributed by atoms with Crippen molar-refractivity contribution >= 4 is 36.4 Å². The number of aliphatic imine (C=N–C) groups is 3. The van der Waals surface area contributed by atoms with Crippen molar-refractivity contribution in [1.29, 1.82) is 0 Å². The number of aromatic hydroxyl groups is 1. The molecule has 45 heavy (non-hydrogen) atoms. The van der Waals surface area contributed by atoms with Gasteiger partial charge in [-0.3, -0.25) is 4.79 Å². The zero-order valence-corrected chi connectivity index (χ0v) is 26.3. The number of amidine groups is 1. The van der Waals surface area contributed by atoms with Crippen molar-refractivity contribution in [3.8, 4) is 5.75 Å². The zero-order valence-electron chi connectivity index (χ0n) is 26.3. The van der Waals surface area contributed by atoms with Crippen LogP contribution in [0.5, 0.6) is 5.75 Å². The van der Waals surface area contributed by atoms with E-state index >= 15 is 0 Å². The average molecular weight is 638 g/mol. The number of alkyl halides is 3. The molecule has 12 nitrogen and oxygen atoms in total. The maximum atomic E-state index is 12.9. The largest absolute Gasteiger partial charge is 0.508 e. The van der Waals surface area contributed by atoms with E-state index in [1.807, 2.05) is 13.8 Å². The molecule has 0 unspecified atom stereocenters. The maximum absolute atomic E-state index is 12.9. The van der Waals surface area contributed by atoms with Gasteiger partial charge in [0.05, 0.1) is 6.54 Å². The molecule has 0 atom stereocenters. The minimum absolute atomic E-state index is 0.0692. The number of halogens is 3. The molecular formula is C30H42F3N7O5. The Morgan fingerprint density at radius 1 is 0.933 bits per heavy atom. The first kappa shape index (κ1) is 38.4. The van der Waals surface area contributed by atoms with Gasteiger partial charge in [-0.15, -0.1) is 0 Å². The van der Waals surface area contributed by atoms with Crippen LogP contribution in [0.15, 0.2) is 63.5 Å². The summed E-state index contributed by atoms with van der Waals surface area (Å²) in [6.07, 6.45) is -5.19. The van der Waals surface area contributed by atoms with Crippen LogP contribution in [-0.2, 0) is 16.0 Å². The van der Waals surface area contributed by atoms with Gasteiger partial charge in [0.15, 0.2) is 6.61 Å². The fraction of sp³-hybridized carbons (Fsp3) is 0.433. The number of nitrogens with zero attached hydrogens (tertiary/aromatic N) is 3. The van der Waals surface area contributed by atoms with Crippen molar-refractivity contribution in [2.45, 2.75) is 52.9 Å². The lowest BCUT2D eigenvalue weighted by Gasteiger charge is -2.26. The summed E-state index contributed by atoms with van der Waals surface area (Å²) < 4.78 is 48.6. The van der Waals surface area contributed by atoms with Crippen molar-refractivity contribution in [1.82, 2.24) is 10.6 Å². The SMILES string of the molecule is C=NC(=NCc1ccc(O)cc1)/N=C(\Nc1ccc(C(=O)NCC(C)(C)CNC(=O)OC(C)(C)C)cc1)OCC(F)(F)F.CN. The summed E-state index contributed by atoms with van der Waals surface area (Å²) in [5, 5.41) is 17.5. The third-order valence-corrected chi connectivity index (χ3v) is 5.29. The van der Waals surface area contributed by atoms with E-state index in [2.05, 4.69) is 43.4 Å². The molecule has 0 saturated heterocycles. The number of hydrogen-bond acceptors (Lipinski definition) is 7. The highest BCUT2D eigenvalue weighted by Crippen LogP contribution is 2.17. The molecule has 2 aromatic carbocycles. The number of phenolic OH excluding ortho intramolecular Hbond substituents is 1. The van der Waals surface area contributed by atoms with Crippen LogP contribution in [0.4, 0.5) is 23.7 Å². The lowest BCUT2D eigenvalue weighted by molar-refractivity contribution is -0.156. The van der Waals surface area contributed by atoms with Crippen LogP contribution < -0.4 is 21.7 Å². The number of rotatable bonds is 9. The van der Waals surface area contributed by atoms with Gasteiger partial charge < -0.3 is 36.3 Å². The predicted molar refractivity (Wildman–Crippen MR) is 169 cm³/mol. The Bertz CT molecular complexity index is 1310. The minimum Gasteiger partial charge on any atom is -0.508 e. The molecule has 0 fully saturated rings. The van der Waals surface area contributed by atoms with E-state index in [0.29, 0.717) is 11.1 Å². The maximum Gasteiger partial charge on any atom is 0.422 e. The lowest BCUT2D eigenvalue weighted by atomic mass is 9.93. The molecule has 0 aliphatic carbocycles. The summed E-state index contributed by atoms with van der Waals surface area (Å²) in [7, 11) is 1.50. The van der Waals surface area contributed by atoms with E-state index in [1.165, 1.54) is 43.4 Å². The summed E-state index contributed by atoms with van der Waals surface area (Å²) in [5.41, 5.74) is 4.64. The smallest absolute Gasteiger partial charge is 0.422 e. The highest BCUT2D eigenvalue weighted by molar-refractivity contribution is 6.00. The molecule has 0 spiro atoms. The summed E-state index contributed by atoms with van der Waals surface area (Å²) in [5.74, 6) is -0.559. The van der Waals surface area contributed by atoms with E-state index in [4.69, 9.17) is 9.47 Å². The van der Waals surface area contributed by atoms with Gasteiger partial charge in [0, 0.05) is 24.3 Å². The van der Waals surface area contributed by atoms with Crippen LogP contribution in [0.3, 0.4) is 0 Å². The molecule has 0 aliphatic rings. The van der Waals surface area contributed by atoms with Gasteiger partial charge in [-0.2, -0.15) is 18.2 Å². The molecule has 2 amide bonds. The van der Waals surface area contributed by atoms with Gasteiger partial charge >= 0.3 is 12.3 Å². The molecule has 0 saturated carbocycles. The van der Waals surface area contributed by atoms with Crippen LogP contribution in [0.2, 0.25) is 0 Å². The van der Waals surface area contributed by atoms with Crippen LogP contribution in [0.25, 0.3) is 0 Å². The Labute approximate surface area is 261 Å². The van der Waals surface area contributed by atoms with E-state index in [1.54, 1.807) is 32.9 Å². The summed E-state index contributed by atoms with van der Waals surface area (Å²) in [6.45, 7) is 11.3. The zero-order chi connectivity index (χ0) is 34.3. The van der Waals surface area contributed by atoms with Crippen molar-refractivity contribution in [2.75, 3.05) is 32.1 Å². The van der Waals surface area contributed by atoms with Gasteiger partial charge in [-0.1, -0.05) is 26.0 Å². The van der Waals surface area contributed by atoms with Crippen molar-refractivity contribution in [3.05, 3.63) is 59.7 Å². The standard InChI is InChI=1S/C29H37F3N6O5.CH5N/c1-27(2,3)43-26(41)36-17-28(4,5)16-35-23(40)20-9-11-21(12-10-20)37-25(42-18-29(30,31)32)38-24(33-6)34-15-19-7-13-22(39)14-8-19;1-2/h7-14,39H,6,15-18H2,1-5H3,(H,35,40)(H,36,41)(H,34,37,38);2H2,1H3. The van der Waals surface area contributed by atoms with Crippen molar-refractivity contribution in [3.63, 3.8) is 0 Å². The van der Waals surface area contributed by atoms with Gasteiger partial charge in [-0.05, 0) is 81.9 Å². The first-order valence-corrected chi connectivity index (χ1v) is 13.7. The Kier molecular flexibility index (Phi) is 15.0. The molecule has 0 bridgehead atoms. The van der Waals surface area contributed by atoms with Crippen LogP contribution in [0.1, 0.15) is 50.5 Å². The van der Waals surface area contributed by atoms with Gasteiger partial charge in [0.2, 0.25) is 5.96 Å². The number of ether oxygens (including phenoxy) is 2. The number of phenols is 1. The number of carbonyl (C=O) groups excluding carboxylic acids is 2. The monoisotopic (exact) mass is 637 g/mol. The Morgan fingerprint density at radius 2 is 1.51 bits per heavy atom. The number of nitrogens with two attached hydrogens (primary N) is 1. The molecule has 0 radical (unpaired) electrons. The quantitative estimate of drug-likeness (QED) is 0.193. The minimum atomic E-state index is -4.63. The molecular weight excluding hydrogens is 595 g/mol. The number of anilines is 1. The van der Waals surface area contributed by atoms with Gasteiger partial charge in [0.1, 0.15) is 11.4 Å². The van der Waals surface area contributed by atoms with Crippen molar-refractivity contribution in [2.24, 2.45) is 26.1 Å². The van der Waals surface area contributed by atoms with E-state index < -0.39 is 41.8 Å². The molecule has 2 rings (SSSR count). The molecule has 6 N–H and O–H groups in total. The average Bonchev–Trinajstić information content (AvgIpc) is 2.96. The topological polar surface area (TPSA) is 172 Å². The van der Waals surface area contributed by atoms with Crippen LogP contribution in [0, 0.1) is 5.41 Å². The second kappa shape index (κ2) is 17.6. The number of nitrogens with one attached hydrogen (secondary N) is 3. The fourth-order valence-corrected chi connectivity index (χ4v) is 3.16.